The van der Waals surface area contributed by atoms with E-state index in [1.807, 2.05) is 20.8 Å². The monoisotopic (exact) mass is 216 g/mol. The van der Waals surface area contributed by atoms with Crippen LogP contribution in [-0.2, 0) is 9.47 Å². The molecule has 0 saturated carbocycles. The summed E-state index contributed by atoms with van der Waals surface area (Å²) in [5, 5.41) is 10.0. The molecule has 1 N–H and O–H groups in total. The highest BCUT2D eigenvalue weighted by molar-refractivity contribution is 4.77. The molecular formula is C12H24O3. The zero-order chi connectivity index (χ0) is 11.5. The van der Waals surface area contributed by atoms with Gasteiger partial charge in [-0.25, -0.2) is 0 Å². The Hall–Kier alpha value is -0.120. The first-order valence-electron chi connectivity index (χ1n) is 5.89. The third kappa shape index (κ3) is 4.49. The molecule has 1 heterocycles. The van der Waals surface area contributed by atoms with Crippen molar-refractivity contribution in [1.82, 2.24) is 0 Å². The van der Waals surface area contributed by atoms with Crippen LogP contribution in [0.15, 0.2) is 0 Å². The van der Waals surface area contributed by atoms with Crippen molar-refractivity contribution < 1.29 is 14.6 Å². The molecule has 1 aliphatic heterocycles. The standard InChI is InChI=1S/C12H24O3/c1-5-7-12(4,13)8-6-10-9-14-11(2,3)15-10/h10,13H,5-9H2,1-4H3. The van der Waals surface area contributed by atoms with E-state index in [-0.39, 0.29) is 6.10 Å². The van der Waals surface area contributed by atoms with Gasteiger partial charge in [-0.3, -0.25) is 0 Å². The molecule has 1 aliphatic rings. The van der Waals surface area contributed by atoms with Crippen LogP contribution < -0.4 is 0 Å². The van der Waals surface area contributed by atoms with E-state index in [0.717, 1.165) is 25.7 Å². The van der Waals surface area contributed by atoms with Gasteiger partial charge in [-0.1, -0.05) is 13.3 Å². The third-order valence-electron chi connectivity index (χ3n) is 2.86. The molecule has 0 aromatic heterocycles. The van der Waals surface area contributed by atoms with Gasteiger partial charge in [0.05, 0.1) is 18.3 Å². The Labute approximate surface area is 92.8 Å². The summed E-state index contributed by atoms with van der Waals surface area (Å²) in [6.45, 7) is 8.49. The second-order valence-corrected chi connectivity index (χ2v) is 5.24. The molecule has 0 spiro atoms. The maximum atomic E-state index is 10.0. The van der Waals surface area contributed by atoms with Crippen molar-refractivity contribution in [2.24, 2.45) is 0 Å². The molecule has 0 aromatic rings. The molecule has 0 aliphatic carbocycles. The van der Waals surface area contributed by atoms with Crippen molar-refractivity contribution in [2.75, 3.05) is 6.61 Å². The van der Waals surface area contributed by atoms with Gasteiger partial charge < -0.3 is 14.6 Å². The van der Waals surface area contributed by atoms with Gasteiger partial charge in [-0.2, -0.15) is 0 Å². The van der Waals surface area contributed by atoms with E-state index in [1.54, 1.807) is 0 Å². The molecule has 0 aromatic carbocycles. The summed E-state index contributed by atoms with van der Waals surface area (Å²) < 4.78 is 11.2. The van der Waals surface area contributed by atoms with Crippen LogP contribution in [0.4, 0.5) is 0 Å². The maximum absolute atomic E-state index is 10.0. The first kappa shape index (κ1) is 12.9. The topological polar surface area (TPSA) is 38.7 Å². The molecule has 0 radical (unpaired) electrons. The molecule has 0 amide bonds. The Morgan fingerprint density at radius 3 is 2.53 bits per heavy atom. The number of rotatable bonds is 5. The Kier molecular flexibility index (Phi) is 4.15. The summed E-state index contributed by atoms with van der Waals surface area (Å²) in [5.74, 6) is -0.443. The number of ether oxygens (including phenoxy) is 2. The summed E-state index contributed by atoms with van der Waals surface area (Å²) in [4.78, 5) is 0. The Bertz CT molecular complexity index is 199. The van der Waals surface area contributed by atoms with Crippen LogP contribution >= 0.6 is 0 Å². The molecule has 2 atom stereocenters. The van der Waals surface area contributed by atoms with Crippen molar-refractivity contribution in [3.05, 3.63) is 0 Å². The number of hydrogen-bond acceptors (Lipinski definition) is 3. The maximum Gasteiger partial charge on any atom is 0.163 e. The van der Waals surface area contributed by atoms with E-state index >= 15 is 0 Å². The van der Waals surface area contributed by atoms with Gasteiger partial charge in [0.25, 0.3) is 0 Å². The predicted octanol–water partition coefficient (Wildman–Crippen LogP) is 2.47. The second-order valence-electron chi connectivity index (χ2n) is 5.24. The Balaban J connectivity index is 2.26. The quantitative estimate of drug-likeness (QED) is 0.767. The molecule has 0 bridgehead atoms. The van der Waals surface area contributed by atoms with Gasteiger partial charge in [-0.05, 0) is 40.0 Å². The average Bonchev–Trinajstić information content (AvgIpc) is 2.42. The van der Waals surface area contributed by atoms with Crippen molar-refractivity contribution in [2.45, 2.75) is 70.9 Å². The Morgan fingerprint density at radius 2 is 2.07 bits per heavy atom. The highest BCUT2D eigenvalue weighted by Gasteiger charge is 2.33. The molecule has 1 rings (SSSR count). The van der Waals surface area contributed by atoms with Crippen molar-refractivity contribution in [3.63, 3.8) is 0 Å². The van der Waals surface area contributed by atoms with Gasteiger partial charge in [0.1, 0.15) is 0 Å². The SMILES string of the molecule is CCCC(C)(O)CCC1COC(C)(C)O1. The molecular weight excluding hydrogens is 192 g/mol. The lowest BCUT2D eigenvalue weighted by molar-refractivity contribution is -0.140. The summed E-state index contributed by atoms with van der Waals surface area (Å²) in [6.07, 6.45) is 3.66. The van der Waals surface area contributed by atoms with Gasteiger partial charge in [-0.15, -0.1) is 0 Å². The molecule has 15 heavy (non-hydrogen) atoms. The smallest absolute Gasteiger partial charge is 0.163 e. The summed E-state index contributed by atoms with van der Waals surface area (Å²) >= 11 is 0. The zero-order valence-corrected chi connectivity index (χ0v) is 10.4. The molecule has 90 valence electrons. The van der Waals surface area contributed by atoms with E-state index in [4.69, 9.17) is 9.47 Å². The minimum atomic E-state index is -0.551. The molecule has 3 heteroatoms. The summed E-state index contributed by atoms with van der Waals surface area (Å²) in [7, 11) is 0. The van der Waals surface area contributed by atoms with Gasteiger partial charge >= 0.3 is 0 Å². The van der Waals surface area contributed by atoms with Crippen LogP contribution in [-0.4, -0.2) is 29.2 Å². The zero-order valence-electron chi connectivity index (χ0n) is 10.4. The lowest BCUT2D eigenvalue weighted by Gasteiger charge is -2.24. The number of hydrogen-bond donors (Lipinski definition) is 1. The van der Waals surface area contributed by atoms with Crippen LogP contribution in [0.25, 0.3) is 0 Å². The van der Waals surface area contributed by atoms with Gasteiger partial charge in [0.2, 0.25) is 0 Å². The highest BCUT2D eigenvalue weighted by atomic mass is 16.7. The van der Waals surface area contributed by atoms with Crippen molar-refractivity contribution in [1.29, 1.82) is 0 Å². The van der Waals surface area contributed by atoms with Crippen LogP contribution in [0.3, 0.4) is 0 Å². The summed E-state index contributed by atoms with van der Waals surface area (Å²) in [6, 6.07) is 0. The minimum absolute atomic E-state index is 0.142. The van der Waals surface area contributed by atoms with E-state index in [1.165, 1.54) is 0 Å². The minimum Gasteiger partial charge on any atom is -0.390 e. The molecule has 1 fully saturated rings. The summed E-state index contributed by atoms with van der Waals surface area (Å²) in [5.41, 5.74) is -0.551. The van der Waals surface area contributed by atoms with E-state index in [2.05, 4.69) is 6.92 Å². The third-order valence-corrected chi connectivity index (χ3v) is 2.86. The fourth-order valence-corrected chi connectivity index (χ4v) is 2.04. The lowest BCUT2D eigenvalue weighted by Crippen LogP contribution is -2.27. The normalized spacial score (nSPS) is 29.0. The van der Waals surface area contributed by atoms with Crippen molar-refractivity contribution >= 4 is 0 Å². The predicted molar refractivity (Wildman–Crippen MR) is 59.7 cm³/mol. The first-order valence-corrected chi connectivity index (χ1v) is 5.89. The van der Waals surface area contributed by atoms with Crippen LogP contribution in [0.2, 0.25) is 0 Å². The molecule has 2 unspecified atom stereocenters. The van der Waals surface area contributed by atoms with E-state index in [9.17, 15) is 5.11 Å². The first-order chi connectivity index (χ1) is 6.85. The largest absolute Gasteiger partial charge is 0.390 e. The number of aliphatic hydroxyl groups is 1. The van der Waals surface area contributed by atoms with Crippen LogP contribution in [0.5, 0.6) is 0 Å². The van der Waals surface area contributed by atoms with E-state index in [0.29, 0.717) is 6.61 Å². The molecule has 1 saturated heterocycles. The van der Waals surface area contributed by atoms with Crippen LogP contribution in [0.1, 0.15) is 53.4 Å². The highest BCUT2D eigenvalue weighted by Crippen LogP contribution is 2.27. The lowest BCUT2D eigenvalue weighted by atomic mass is 9.93. The fourth-order valence-electron chi connectivity index (χ4n) is 2.04. The van der Waals surface area contributed by atoms with Crippen molar-refractivity contribution in [3.8, 4) is 0 Å². The van der Waals surface area contributed by atoms with Gasteiger partial charge in [0.15, 0.2) is 5.79 Å². The molecule has 3 nitrogen and oxygen atoms in total. The van der Waals surface area contributed by atoms with Crippen LogP contribution in [0, 0.1) is 0 Å². The second kappa shape index (κ2) is 4.81. The fraction of sp³-hybridized carbons (Fsp3) is 1.00. The average molecular weight is 216 g/mol. The van der Waals surface area contributed by atoms with Gasteiger partial charge in [0, 0.05) is 0 Å². The Morgan fingerprint density at radius 1 is 1.40 bits per heavy atom. The van der Waals surface area contributed by atoms with E-state index < -0.39 is 11.4 Å².